The first kappa shape index (κ1) is 12.0. The van der Waals surface area contributed by atoms with Crippen LogP contribution in [0.2, 0.25) is 0 Å². The molecule has 1 aromatic carbocycles. The second-order valence-corrected chi connectivity index (χ2v) is 5.15. The molecule has 0 aromatic heterocycles. The summed E-state index contributed by atoms with van der Waals surface area (Å²) >= 11 is 0. The highest BCUT2D eigenvalue weighted by Gasteiger charge is 2.29. The molecule has 0 saturated heterocycles. The number of carbonyl (C=O) groups is 2. The minimum absolute atomic E-state index is 0.00342. The zero-order valence-corrected chi connectivity index (χ0v) is 10.7. The SMILES string of the molecule is C[C@H](NC(=O)c1ccc2c(c1)OCC(=O)N2)C1CC1. The van der Waals surface area contributed by atoms with E-state index in [4.69, 9.17) is 4.74 Å². The second-order valence-electron chi connectivity index (χ2n) is 5.15. The van der Waals surface area contributed by atoms with Crippen molar-refractivity contribution in [1.29, 1.82) is 0 Å². The summed E-state index contributed by atoms with van der Waals surface area (Å²) < 4.78 is 5.30. The van der Waals surface area contributed by atoms with Crippen molar-refractivity contribution in [2.45, 2.75) is 25.8 Å². The largest absolute Gasteiger partial charge is 0.482 e. The third-order valence-electron chi connectivity index (χ3n) is 3.56. The lowest BCUT2D eigenvalue weighted by Crippen LogP contribution is -2.34. The van der Waals surface area contributed by atoms with Crippen molar-refractivity contribution in [2.75, 3.05) is 11.9 Å². The quantitative estimate of drug-likeness (QED) is 0.866. The molecule has 5 heteroatoms. The second kappa shape index (κ2) is 4.57. The van der Waals surface area contributed by atoms with Crippen LogP contribution in [0.25, 0.3) is 0 Å². The van der Waals surface area contributed by atoms with Gasteiger partial charge in [-0.05, 0) is 43.9 Å². The molecule has 1 saturated carbocycles. The molecule has 2 aliphatic rings. The van der Waals surface area contributed by atoms with E-state index in [0.717, 1.165) is 0 Å². The smallest absolute Gasteiger partial charge is 0.262 e. The minimum Gasteiger partial charge on any atom is -0.482 e. The van der Waals surface area contributed by atoms with Crippen LogP contribution in [0.3, 0.4) is 0 Å². The average molecular weight is 260 g/mol. The first-order chi connectivity index (χ1) is 9.13. The number of fused-ring (bicyclic) bond motifs is 1. The number of anilines is 1. The number of rotatable bonds is 3. The maximum absolute atomic E-state index is 12.1. The van der Waals surface area contributed by atoms with E-state index in [2.05, 4.69) is 10.6 Å². The molecule has 100 valence electrons. The molecule has 2 amide bonds. The Morgan fingerprint density at radius 1 is 1.47 bits per heavy atom. The number of amides is 2. The number of nitrogens with one attached hydrogen (secondary N) is 2. The molecule has 0 radical (unpaired) electrons. The van der Waals surface area contributed by atoms with Crippen LogP contribution < -0.4 is 15.4 Å². The van der Waals surface area contributed by atoms with Gasteiger partial charge in [0.05, 0.1) is 5.69 Å². The fourth-order valence-electron chi connectivity index (χ4n) is 2.22. The molecule has 0 unspecified atom stereocenters. The van der Waals surface area contributed by atoms with Gasteiger partial charge in [0.15, 0.2) is 6.61 Å². The lowest BCUT2D eigenvalue weighted by atomic mass is 10.1. The maximum atomic E-state index is 12.1. The van der Waals surface area contributed by atoms with Gasteiger partial charge in [-0.1, -0.05) is 0 Å². The summed E-state index contributed by atoms with van der Waals surface area (Å²) in [6.07, 6.45) is 2.39. The molecule has 1 aliphatic carbocycles. The Balaban J connectivity index is 1.74. The van der Waals surface area contributed by atoms with Crippen LogP contribution in [0, 0.1) is 5.92 Å². The molecular formula is C14H16N2O3. The maximum Gasteiger partial charge on any atom is 0.262 e. The van der Waals surface area contributed by atoms with Crippen molar-refractivity contribution in [3.8, 4) is 5.75 Å². The molecular weight excluding hydrogens is 244 g/mol. The highest BCUT2D eigenvalue weighted by Crippen LogP contribution is 2.33. The third-order valence-corrected chi connectivity index (χ3v) is 3.56. The van der Waals surface area contributed by atoms with Crippen LogP contribution in [0.1, 0.15) is 30.1 Å². The van der Waals surface area contributed by atoms with Crippen molar-refractivity contribution in [1.82, 2.24) is 5.32 Å². The Kier molecular flexibility index (Phi) is 2.89. The highest BCUT2D eigenvalue weighted by atomic mass is 16.5. The van der Waals surface area contributed by atoms with Gasteiger partial charge in [-0.25, -0.2) is 0 Å². The first-order valence-corrected chi connectivity index (χ1v) is 6.51. The number of hydrogen-bond acceptors (Lipinski definition) is 3. The molecule has 5 nitrogen and oxygen atoms in total. The van der Waals surface area contributed by atoms with E-state index in [1.54, 1.807) is 18.2 Å². The lowest BCUT2D eigenvalue weighted by molar-refractivity contribution is -0.118. The molecule has 1 aliphatic heterocycles. The summed E-state index contributed by atoms with van der Waals surface area (Å²) in [5.41, 5.74) is 1.17. The predicted octanol–water partition coefficient (Wildman–Crippen LogP) is 1.55. The average Bonchev–Trinajstić information content (AvgIpc) is 3.22. The summed E-state index contributed by atoms with van der Waals surface area (Å²) in [4.78, 5) is 23.2. The van der Waals surface area contributed by atoms with Gasteiger partial charge in [0, 0.05) is 11.6 Å². The van der Waals surface area contributed by atoms with Gasteiger partial charge in [0.25, 0.3) is 11.8 Å². The van der Waals surface area contributed by atoms with Crippen molar-refractivity contribution in [2.24, 2.45) is 5.92 Å². The number of ether oxygens (including phenoxy) is 1. The molecule has 19 heavy (non-hydrogen) atoms. The van der Waals surface area contributed by atoms with Crippen LogP contribution in [0.4, 0.5) is 5.69 Å². The fourth-order valence-corrected chi connectivity index (χ4v) is 2.22. The van der Waals surface area contributed by atoms with Gasteiger partial charge >= 0.3 is 0 Å². The van der Waals surface area contributed by atoms with Crippen molar-refractivity contribution >= 4 is 17.5 Å². The molecule has 0 bridgehead atoms. The van der Waals surface area contributed by atoms with Crippen LogP contribution >= 0.6 is 0 Å². The lowest BCUT2D eigenvalue weighted by Gasteiger charge is -2.19. The summed E-state index contributed by atoms with van der Waals surface area (Å²) in [6.45, 7) is 2.03. The van der Waals surface area contributed by atoms with E-state index in [-0.39, 0.29) is 24.5 Å². The monoisotopic (exact) mass is 260 g/mol. The van der Waals surface area contributed by atoms with E-state index in [1.807, 2.05) is 6.92 Å². The molecule has 1 fully saturated rings. The van der Waals surface area contributed by atoms with Crippen molar-refractivity contribution in [3.05, 3.63) is 23.8 Å². The van der Waals surface area contributed by atoms with E-state index in [1.165, 1.54) is 12.8 Å². The summed E-state index contributed by atoms with van der Waals surface area (Å²) in [5, 5.41) is 5.69. The van der Waals surface area contributed by atoms with Gasteiger partial charge < -0.3 is 15.4 Å². The zero-order chi connectivity index (χ0) is 13.4. The standard InChI is InChI=1S/C14H16N2O3/c1-8(9-2-3-9)15-14(18)10-4-5-11-12(6-10)19-7-13(17)16-11/h4-6,8-9H,2-3,7H2,1H3,(H,15,18)(H,16,17)/t8-/m0/s1. The summed E-state index contributed by atoms with van der Waals surface area (Å²) in [5.74, 6) is 0.901. The Morgan fingerprint density at radius 2 is 2.26 bits per heavy atom. The number of benzene rings is 1. The van der Waals surface area contributed by atoms with Crippen LogP contribution in [-0.2, 0) is 4.79 Å². The van der Waals surface area contributed by atoms with Crippen molar-refractivity contribution in [3.63, 3.8) is 0 Å². The molecule has 3 rings (SSSR count). The van der Waals surface area contributed by atoms with Crippen LogP contribution in [0.5, 0.6) is 5.75 Å². The van der Waals surface area contributed by atoms with Gasteiger partial charge in [-0.15, -0.1) is 0 Å². The van der Waals surface area contributed by atoms with Gasteiger partial charge in [-0.3, -0.25) is 9.59 Å². The number of carbonyl (C=O) groups excluding carboxylic acids is 2. The fraction of sp³-hybridized carbons (Fsp3) is 0.429. The topological polar surface area (TPSA) is 67.4 Å². The van der Waals surface area contributed by atoms with Crippen LogP contribution in [0.15, 0.2) is 18.2 Å². The number of hydrogen-bond donors (Lipinski definition) is 2. The Labute approximate surface area is 111 Å². The molecule has 0 spiro atoms. The van der Waals surface area contributed by atoms with Gasteiger partial charge in [-0.2, -0.15) is 0 Å². The van der Waals surface area contributed by atoms with E-state index in [0.29, 0.717) is 22.9 Å². The molecule has 2 N–H and O–H groups in total. The normalized spacial score (nSPS) is 18.9. The minimum atomic E-state index is -0.174. The zero-order valence-electron chi connectivity index (χ0n) is 10.7. The van der Waals surface area contributed by atoms with Crippen LogP contribution in [-0.4, -0.2) is 24.5 Å². The first-order valence-electron chi connectivity index (χ1n) is 6.51. The summed E-state index contributed by atoms with van der Waals surface area (Å²) in [6, 6.07) is 5.28. The van der Waals surface area contributed by atoms with E-state index >= 15 is 0 Å². The Morgan fingerprint density at radius 3 is 3.00 bits per heavy atom. The predicted molar refractivity (Wildman–Crippen MR) is 70.2 cm³/mol. The third kappa shape index (κ3) is 2.54. The molecule has 1 heterocycles. The molecule has 1 atom stereocenters. The van der Waals surface area contributed by atoms with Crippen molar-refractivity contribution < 1.29 is 14.3 Å². The summed E-state index contributed by atoms with van der Waals surface area (Å²) in [7, 11) is 0. The van der Waals surface area contributed by atoms with E-state index in [9.17, 15) is 9.59 Å². The van der Waals surface area contributed by atoms with Gasteiger partial charge in [0.2, 0.25) is 0 Å². The Bertz CT molecular complexity index is 537. The van der Waals surface area contributed by atoms with E-state index < -0.39 is 0 Å². The Hall–Kier alpha value is -2.04. The molecule has 1 aromatic rings. The highest BCUT2D eigenvalue weighted by molar-refractivity contribution is 5.99. The van der Waals surface area contributed by atoms with Gasteiger partial charge in [0.1, 0.15) is 5.75 Å².